The molecular weight excluding hydrogens is 207 g/mol. The SMILES string of the molecule is COCC(C)CC(C)CS[PH](=O)O. The Hall–Kier alpha value is 0.500. The summed E-state index contributed by atoms with van der Waals surface area (Å²) < 4.78 is 15.5. The third kappa shape index (κ3) is 8.82. The molecule has 0 aromatic rings. The van der Waals surface area contributed by atoms with Crippen molar-refractivity contribution in [3.8, 4) is 0 Å². The first-order valence-electron chi connectivity index (χ1n) is 4.41. The van der Waals surface area contributed by atoms with E-state index < -0.39 is 7.23 Å². The zero-order valence-corrected chi connectivity index (χ0v) is 10.3. The van der Waals surface area contributed by atoms with Crippen molar-refractivity contribution >= 4 is 18.6 Å². The highest BCUT2D eigenvalue weighted by atomic mass is 32.7. The molecule has 3 unspecified atom stereocenters. The van der Waals surface area contributed by atoms with Crippen molar-refractivity contribution in [2.45, 2.75) is 20.3 Å². The molecule has 0 bridgehead atoms. The lowest BCUT2D eigenvalue weighted by molar-refractivity contribution is 0.149. The summed E-state index contributed by atoms with van der Waals surface area (Å²) in [4.78, 5) is 8.62. The van der Waals surface area contributed by atoms with E-state index in [1.165, 1.54) is 0 Å². The average molecular weight is 226 g/mol. The first-order valence-corrected chi connectivity index (χ1v) is 7.47. The summed E-state index contributed by atoms with van der Waals surface area (Å²) in [6.07, 6.45) is 1.05. The quantitative estimate of drug-likeness (QED) is 0.677. The van der Waals surface area contributed by atoms with E-state index >= 15 is 0 Å². The predicted octanol–water partition coefficient (Wildman–Crippen LogP) is 2.41. The highest BCUT2D eigenvalue weighted by Gasteiger charge is 2.09. The standard InChI is InChI=1S/C8H19O3PS/c1-7(5-11-3)4-8(2)6-13-12(9)10/h7-8,12H,4-6H2,1-3H3,(H,9,10). The summed E-state index contributed by atoms with van der Waals surface area (Å²) in [5.74, 6) is 1.78. The van der Waals surface area contributed by atoms with Crippen LogP contribution in [0.1, 0.15) is 20.3 Å². The Bertz CT molecular complexity index is 154. The fourth-order valence-corrected chi connectivity index (χ4v) is 3.17. The van der Waals surface area contributed by atoms with Crippen LogP contribution in [0.25, 0.3) is 0 Å². The molecule has 0 aliphatic rings. The van der Waals surface area contributed by atoms with Gasteiger partial charge in [0.2, 0.25) is 7.23 Å². The molecule has 5 heteroatoms. The van der Waals surface area contributed by atoms with Gasteiger partial charge in [-0.1, -0.05) is 25.2 Å². The minimum Gasteiger partial charge on any atom is -0.384 e. The molecule has 3 atom stereocenters. The second kappa shape index (κ2) is 7.86. The Balaban J connectivity index is 3.48. The minimum absolute atomic E-state index is 0.483. The van der Waals surface area contributed by atoms with E-state index in [-0.39, 0.29) is 0 Å². The van der Waals surface area contributed by atoms with Crippen molar-refractivity contribution in [2.24, 2.45) is 11.8 Å². The first-order chi connectivity index (χ1) is 6.06. The van der Waals surface area contributed by atoms with Gasteiger partial charge in [0.05, 0.1) is 0 Å². The van der Waals surface area contributed by atoms with Crippen LogP contribution in [-0.2, 0) is 9.30 Å². The van der Waals surface area contributed by atoms with Gasteiger partial charge in [-0.05, 0) is 18.3 Å². The van der Waals surface area contributed by atoms with Crippen LogP contribution < -0.4 is 0 Å². The molecule has 3 nitrogen and oxygen atoms in total. The molecule has 0 saturated heterocycles. The number of methoxy groups -OCH3 is 1. The Morgan fingerprint density at radius 1 is 1.46 bits per heavy atom. The van der Waals surface area contributed by atoms with Gasteiger partial charge >= 0.3 is 0 Å². The third-order valence-corrected chi connectivity index (χ3v) is 3.97. The van der Waals surface area contributed by atoms with E-state index in [9.17, 15) is 4.57 Å². The first kappa shape index (κ1) is 13.5. The zero-order valence-electron chi connectivity index (χ0n) is 8.45. The molecule has 0 heterocycles. The monoisotopic (exact) mass is 226 g/mol. The second-order valence-electron chi connectivity index (χ2n) is 3.48. The smallest absolute Gasteiger partial charge is 0.243 e. The van der Waals surface area contributed by atoms with E-state index in [0.717, 1.165) is 30.2 Å². The topological polar surface area (TPSA) is 46.5 Å². The molecule has 0 fully saturated rings. The lowest BCUT2D eigenvalue weighted by Crippen LogP contribution is -2.09. The zero-order chi connectivity index (χ0) is 10.3. The molecule has 0 rings (SSSR count). The molecule has 0 amide bonds. The van der Waals surface area contributed by atoms with Crippen LogP contribution in [0, 0.1) is 11.8 Å². The van der Waals surface area contributed by atoms with Gasteiger partial charge < -0.3 is 9.63 Å². The Morgan fingerprint density at radius 3 is 2.54 bits per heavy atom. The Labute approximate surface area is 84.9 Å². The maximum absolute atomic E-state index is 10.4. The number of hydrogen-bond donors (Lipinski definition) is 1. The van der Waals surface area contributed by atoms with Crippen molar-refractivity contribution in [3.05, 3.63) is 0 Å². The summed E-state index contributed by atoms with van der Waals surface area (Å²) in [5, 5.41) is 0. The van der Waals surface area contributed by atoms with Crippen molar-refractivity contribution in [1.29, 1.82) is 0 Å². The van der Waals surface area contributed by atoms with Crippen molar-refractivity contribution < 1.29 is 14.2 Å². The average Bonchev–Trinajstić information content (AvgIpc) is 2.01. The van der Waals surface area contributed by atoms with Gasteiger partial charge in [0.25, 0.3) is 0 Å². The largest absolute Gasteiger partial charge is 0.384 e. The molecule has 0 saturated carbocycles. The van der Waals surface area contributed by atoms with Crippen LogP contribution in [-0.4, -0.2) is 24.4 Å². The fraction of sp³-hybridized carbons (Fsp3) is 1.00. The van der Waals surface area contributed by atoms with E-state index in [1.54, 1.807) is 7.11 Å². The van der Waals surface area contributed by atoms with Crippen LogP contribution in [0.5, 0.6) is 0 Å². The predicted molar refractivity (Wildman–Crippen MR) is 58.5 cm³/mol. The highest BCUT2D eigenvalue weighted by molar-refractivity contribution is 8.50. The van der Waals surface area contributed by atoms with Gasteiger partial charge in [0.15, 0.2) is 0 Å². The van der Waals surface area contributed by atoms with Crippen LogP contribution in [0.4, 0.5) is 0 Å². The minimum atomic E-state index is -2.34. The van der Waals surface area contributed by atoms with E-state index in [4.69, 9.17) is 9.63 Å². The summed E-state index contributed by atoms with van der Waals surface area (Å²) in [5.41, 5.74) is 0. The molecule has 80 valence electrons. The second-order valence-corrected chi connectivity index (χ2v) is 6.55. The van der Waals surface area contributed by atoms with E-state index in [0.29, 0.717) is 11.8 Å². The summed E-state index contributed by atoms with van der Waals surface area (Å²) >= 11 is 1.16. The molecule has 0 aromatic heterocycles. The van der Waals surface area contributed by atoms with Gasteiger partial charge in [-0.25, -0.2) is 0 Å². The fourth-order valence-electron chi connectivity index (χ4n) is 1.32. The molecule has 0 aromatic carbocycles. The van der Waals surface area contributed by atoms with Crippen LogP contribution in [0.2, 0.25) is 0 Å². The maximum atomic E-state index is 10.4. The molecule has 0 aliphatic carbocycles. The molecule has 0 aliphatic heterocycles. The molecular formula is C8H19O3PS. The Morgan fingerprint density at radius 2 is 2.08 bits per heavy atom. The van der Waals surface area contributed by atoms with E-state index in [1.807, 2.05) is 0 Å². The highest BCUT2D eigenvalue weighted by Crippen LogP contribution is 2.35. The molecule has 0 spiro atoms. The number of ether oxygens (including phenoxy) is 1. The third-order valence-electron chi connectivity index (χ3n) is 1.75. The van der Waals surface area contributed by atoms with Crippen molar-refractivity contribution in [1.82, 2.24) is 0 Å². The molecule has 1 N–H and O–H groups in total. The normalized spacial score (nSPS) is 18.2. The maximum Gasteiger partial charge on any atom is 0.243 e. The lowest BCUT2D eigenvalue weighted by atomic mass is 10.00. The Kier molecular flexibility index (Phi) is 8.17. The lowest BCUT2D eigenvalue weighted by Gasteiger charge is -2.15. The van der Waals surface area contributed by atoms with E-state index in [2.05, 4.69) is 13.8 Å². The van der Waals surface area contributed by atoms with Crippen LogP contribution in [0.3, 0.4) is 0 Å². The molecule has 0 radical (unpaired) electrons. The van der Waals surface area contributed by atoms with Crippen LogP contribution >= 0.6 is 18.6 Å². The number of rotatable bonds is 7. The summed E-state index contributed by atoms with van der Waals surface area (Å²) in [7, 11) is -0.645. The molecule has 13 heavy (non-hydrogen) atoms. The van der Waals surface area contributed by atoms with Crippen molar-refractivity contribution in [2.75, 3.05) is 19.5 Å². The van der Waals surface area contributed by atoms with Gasteiger partial charge in [-0.3, -0.25) is 4.57 Å². The van der Waals surface area contributed by atoms with Gasteiger partial charge in [0, 0.05) is 19.5 Å². The van der Waals surface area contributed by atoms with Gasteiger partial charge in [-0.15, -0.1) is 0 Å². The summed E-state index contributed by atoms with van der Waals surface area (Å²) in [6, 6.07) is 0. The summed E-state index contributed by atoms with van der Waals surface area (Å²) in [6.45, 7) is 5.00. The van der Waals surface area contributed by atoms with Gasteiger partial charge in [0.1, 0.15) is 0 Å². The van der Waals surface area contributed by atoms with Crippen LogP contribution in [0.15, 0.2) is 0 Å². The number of hydrogen-bond acceptors (Lipinski definition) is 3. The van der Waals surface area contributed by atoms with Gasteiger partial charge in [-0.2, -0.15) is 0 Å². The van der Waals surface area contributed by atoms with Crippen molar-refractivity contribution in [3.63, 3.8) is 0 Å².